The lowest BCUT2D eigenvalue weighted by Gasteiger charge is -2.19. The van der Waals surface area contributed by atoms with E-state index in [1.54, 1.807) is 6.07 Å². The summed E-state index contributed by atoms with van der Waals surface area (Å²) in [4.78, 5) is 16.4. The van der Waals surface area contributed by atoms with Gasteiger partial charge in [-0.15, -0.1) is 24.0 Å². The average molecular weight is 534 g/mol. The lowest BCUT2D eigenvalue weighted by atomic mass is 10.1. The Morgan fingerprint density at radius 1 is 1.27 bits per heavy atom. The van der Waals surface area contributed by atoms with Gasteiger partial charge < -0.3 is 20.7 Å². The number of guanidine groups is 1. The Balaban J connectivity index is 0.00000450. The summed E-state index contributed by atoms with van der Waals surface area (Å²) in [6.07, 6.45) is 3.58. The summed E-state index contributed by atoms with van der Waals surface area (Å²) in [5, 5.41) is 9.36. The van der Waals surface area contributed by atoms with E-state index in [0.29, 0.717) is 43.7 Å². The molecule has 170 valence electrons. The van der Waals surface area contributed by atoms with Gasteiger partial charge in [0.2, 0.25) is 5.91 Å². The minimum Gasteiger partial charge on any atom is -0.490 e. The Kier molecular flexibility index (Phi) is 12.1. The van der Waals surface area contributed by atoms with Crippen LogP contribution in [-0.4, -0.2) is 37.6 Å². The molecule has 0 aromatic heterocycles. The first-order valence-electron chi connectivity index (χ1n) is 10.7. The highest BCUT2D eigenvalue weighted by molar-refractivity contribution is 14.0. The summed E-state index contributed by atoms with van der Waals surface area (Å²) in [6.45, 7) is 9.60. The predicted molar refractivity (Wildman–Crippen MR) is 130 cm³/mol. The first kappa shape index (κ1) is 26.5. The van der Waals surface area contributed by atoms with Crippen molar-refractivity contribution in [2.75, 3.05) is 19.7 Å². The molecule has 30 heavy (non-hydrogen) atoms. The molecule has 8 heteroatoms. The van der Waals surface area contributed by atoms with E-state index in [-0.39, 0.29) is 47.8 Å². The van der Waals surface area contributed by atoms with Crippen LogP contribution in [0, 0.1) is 11.7 Å². The average Bonchev–Trinajstić information content (AvgIpc) is 3.51. The number of aliphatic imine (C=N–C) groups is 1. The second-order valence-electron chi connectivity index (χ2n) is 7.70. The fourth-order valence-electron chi connectivity index (χ4n) is 2.72. The minimum atomic E-state index is -0.347. The number of carbonyl (C=O) groups is 1. The molecule has 1 aliphatic rings. The van der Waals surface area contributed by atoms with Gasteiger partial charge in [0.05, 0.1) is 19.2 Å². The molecule has 1 saturated carbocycles. The zero-order valence-corrected chi connectivity index (χ0v) is 20.8. The molecule has 2 atom stereocenters. The van der Waals surface area contributed by atoms with Gasteiger partial charge in [-0.1, -0.05) is 13.0 Å². The summed E-state index contributed by atoms with van der Waals surface area (Å²) in [5.74, 6) is 1.14. The van der Waals surface area contributed by atoms with E-state index in [4.69, 9.17) is 4.74 Å². The summed E-state index contributed by atoms with van der Waals surface area (Å²) in [7, 11) is 0. The fourth-order valence-corrected chi connectivity index (χ4v) is 2.72. The molecular formula is C22H36FIN4O2. The van der Waals surface area contributed by atoms with E-state index in [1.807, 2.05) is 33.8 Å². The van der Waals surface area contributed by atoms with E-state index in [1.165, 1.54) is 18.9 Å². The number of amides is 1. The number of benzene rings is 1. The Morgan fingerprint density at radius 2 is 2.00 bits per heavy atom. The van der Waals surface area contributed by atoms with Crippen LogP contribution in [0.4, 0.5) is 4.39 Å². The Labute approximate surface area is 196 Å². The summed E-state index contributed by atoms with van der Waals surface area (Å²) in [5.41, 5.74) is 0.807. The van der Waals surface area contributed by atoms with Crippen molar-refractivity contribution in [2.24, 2.45) is 10.9 Å². The molecule has 0 spiro atoms. The molecule has 0 heterocycles. The van der Waals surface area contributed by atoms with Crippen molar-refractivity contribution < 1.29 is 13.9 Å². The smallest absolute Gasteiger partial charge is 0.222 e. The van der Waals surface area contributed by atoms with Crippen LogP contribution in [-0.2, 0) is 4.79 Å². The van der Waals surface area contributed by atoms with E-state index >= 15 is 0 Å². The molecule has 0 aliphatic heterocycles. The number of hydrogen-bond acceptors (Lipinski definition) is 3. The topological polar surface area (TPSA) is 74.8 Å². The molecule has 1 aromatic rings. The van der Waals surface area contributed by atoms with Crippen molar-refractivity contribution in [2.45, 2.75) is 65.5 Å². The van der Waals surface area contributed by atoms with Crippen molar-refractivity contribution in [1.29, 1.82) is 0 Å². The number of ether oxygens (including phenoxy) is 1. The quantitative estimate of drug-likeness (QED) is 0.227. The Morgan fingerprint density at radius 3 is 2.60 bits per heavy atom. The van der Waals surface area contributed by atoms with Gasteiger partial charge in [-0.25, -0.2) is 4.39 Å². The van der Waals surface area contributed by atoms with Gasteiger partial charge in [0.25, 0.3) is 0 Å². The Hall–Kier alpha value is -1.58. The van der Waals surface area contributed by atoms with Crippen molar-refractivity contribution in [3.63, 3.8) is 0 Å². The Bertz CT molecular complexity index is 698. The van der Waals surface area contributed by atoms with Crippen LogP contribution in [0.2, 0.25) is 0 Å². The number of nitrogens with one attached hydrogen (secondary N) is 3. The van der Waals surface area contributed by atoms with Gasteiger partial charge in [0, 0.05) is 19.0 Å². The van der Waals surface area contributed by atoms with E-state index in [9.17, 15) is 9.18 Å². The van der Waals surface area contributed by atoms with Crippen LogP contribution < -0.4 is 20.7 Å². The summed E-state index contributed by atoms with van der Waals surface area (Å²) in [6, 6.07) is 5.08. The van der Waals surface area contributed by atoms with E-state index in [0.717, 1.165) is 12.0 Å². The molecule has 0 bridgehead atoms. The van der Waals surface area contributed by atoms with Gasteiger partial charge >= 0.3 is 0 Å². The van der Waals surface area contributed by atoms with Gasteiger partial charge in [-0.2, -0.15) is 0 Å². The molecule has 3 N–H and O–H groups in total. The highest BCUT2D eigenvalue weighted by Crippen LogP contribution is 2.30. The molecule has 2 unspecified atom stereocenters. The van der Waals surface area contributed by atoms with Crippen molar-refractivity contribution in [3.05, 3.63) is 29.6 Å². The second-order valence-corrected chi connectivity index (χ2v) is 7.70. The molecule has 1 aliphatic carbocycles. The maximum absolute atomic E-state index is 14.3. The lowest BCUT2D eigenvalue weighted by Crippen LogP contribution is -2.39. The molecule has 1 amide bonds. The van der Waals surface area contributed by atoms with Crippen LogP contribution in [0.1, 0.15) is 65.0 Å². The van der Waals surface area contributed by atoms with E-state index < -0.39 is 0 Å². The maximum Gasteiger partial charge on any atom is 0.222 e. The second kappa shape index (κ2) is 13.7. The lowest BCUT2D eigenvalue weighted by molar-refractivity contribution is -0.121. The van der Waals surface area contributed by atoms with Crippen LogP contribution in [0.25, 0.3) is 0 Å². The standard InChI is InChI=1S/C22H35FN4O2.HI/c1-5-15(3)26-21(28)11-12-25-22(24-6-2)27-16(4)18-9-10-20(19(23)13-18)29-14-17-7-8-17;/h9-10,13,15-17H,5-8,11-12,14H2,1-4H3,(H,26,28)(H2,24,25,27);1H. The van der Waals surface area contributed by atoms with Gasteiger partial charge in [0.15, 0.2) is 17.5 Å². The fraction of sp³-hybridized carbons (Fsp3) is 0.636. The number of rotatable bonds is 11. The highest BCUT2D eigenvalue weighted by Gasteiger charge is 2.22. The predicted octanol–water partition coefficient (Wildman–Crippen LogP) is 4.15. The van der Waals surface area contributed by atoms with Crippen molar-refractivity contribution in [1.82, 2.24) is 16.0 Å². The monoisotopic (exact) mass is 534 g/mol. The summed E-state index contributed by atoms with van der Waals surface area (Å²) < 4.78 is 19.9. The molecule has 6 nitrogen and oxygen atoms in total. The van der Waals surface area contributed by atoms with Gasteiger partial charge in [-0.05, 0) is 63.6 Å². The van der Waals surface area contributed by atoms with Gasteiger partial charge in [-0.3, -0.25) is 9.79 Å². The minimum absolute atomic E-state index is 0. The van der Waals surface area contributed by atoms with Gasteiger partial charge in [0.1, 0.15) is 0 Å². The van der Waals surface area contributed by atoms with Crippen LogP contribution in [0.15, 0.2) is 23.2 Å². The number of carbonyl (C=O) groups excluding carboxylic acids is 1. The largest absolute Gasteiger partial charge is 0.490 e. The highest BCUT2D eigenvalue weighted by atomic mass is 127. The SMILES string of the molecule is CCNC(=NCCC(=O)NC(C)CC)NC(C)c1ccc(OCC2CC2)c(F)c1.I. The number of hydrogen-bond donors (Lipinski definition) is 3. The van der Waals surface area contributed by atoms with Crippen molar-refractivity contribution in [3.8, 4) is 5.75 Å². The first-order valence-corrected chi connectivity index (χ1v) is 10.7. The molecule has 1 fully saturated rings. The maximum atomic E-state index is 14.3. The summed E-state index contributed by atoms with van der Waals surface area (Å²) >= 11 is 0. The number of nitrogens with zero attached hydrogens (tertiary/aromatic N) is 1. The van der Waals surface area contributed by atoms with Crippen LogP contribution in [0.5, 0.6) is 5.75 Å². The third kappa shape index (κ3) is 9.49. The molecule has 0 radical (unpaired) electrons. The molecule has 2 rings (SSSR count). The zero-order valence-electron chi connectivity index (χ0n) is 18.5. The third-order valence-corrected chi connectivity index (χ3v) is 4.95. The first-order chi connectivity index (χ1) is 13.9. The third-order valence-electron chi connectivity index (χ3n) is 4.95. The normalized spacial score (nSPS) is 15.6. The van der Waals surface area contributed by atoms with E-state index in [2.05, 4.69) is 20.9 Å². The van der Waals surface area contributed by atoms with Crippen LogP contribution >= 0.6 is 24.0 Å². The number of halogens is 2. The molecule has 0 saturated heterocycles. The zero-order chi connectivity index (χ0) is 21.2. The molecular weight excluding hydrogens is 498 g/mol. The van der Waals surface area contributed by atoms with Crippen molar-refractivity contribution >= 4 is 35.8 Å². The molecule has 1 aromatic carbocycles. The van der Waals surface area contributed by atoms with Crippen LogP contribution in [0.3, 0.4) is 0 Å².